The van der Waals surface area contributed by atoms with Crippen LogP contribution in [0, 0.1) is 5.92 Å². The Bertz CT molecular complexity index is 238. The summed E-state index contributed by atoms with van der Waals surface area (Å²) in [4.78, 5) is 23.3. The summed E-state index contributed by atoms with van der Waals surface area (Å²) < 4.78 is -1.25. The van der Waals surface area contributed by atoms with Gasteiger partial charge in [-0.15, -0.1) is 11.8 Å². The highest BCUT2D eigenvalue weighted by atomic mass is 32.2. The van der Waals surface area contributed by atoms with E-state index in [9.17, 15) is 14.7 Å². The third kappa shape index (κ3) is 2.97. The Hall–Kier alpha value is -0.510. The minimum absolute atomic E-state index is 0.153. The minimum atomic E-state index is -1.25. The van der Waals surface area contributed by atoms with Crippen molar-refractivity contribution in [2.75, 3.05) is 5.75 Å². The van der Waals surface area contributed by atoms with Gasteiger partial charge in [-0.1, -0.05) is 27.7 Å². The van der Waals surface area contributed by atoms with Crippen LogP contribution in [0.15, 0.2) is 0 Å². The molecular weight excluding hydrogens is 212 g/mol. The smallest absolute Gasteiger partial charge is 0.327 e. The van der Waals surface area contributed by atoms with Crippen molar-refractivity contribution in [3.8, 4) is 0 Å². The lowest BCUT2D eigenvalue weighted by Crippen LogP contribution is -2.48. The van der Waals surface area contributed by atoms with E-state index in [-0.39, 0.29) is 11.7 Å². The Morgan fingerprint density at radius 2 is 1.87 bits per heavy atom. The van der Waals surface area contributed by atoms with E-state index < -0.39 is 10.7 Å². The van der Waals surface area contributed by atoms with E-state index in [1.165, 1.54) is 11.8 Å². The molecule has 0 aliphatic rings. The fraction of sp³-hybridized carbons (Fsp3) is 0.818. The Morgan fingerprint density at radius 1 is 1.33 bits per heavy atom. The predicted octanol–water partition coefficient (Wildman–Crippen LogP) is 2.59. The lowest BCUT2D eigenvalue weighted by molar-refractivity contribution is -0.145. The number of aliphatic carboxylic acids is 1. The van der Waals surface area contributed by atoms with E-state index in [4.69, 9.17) is 0 Å². The summed E-state index contributed by atoms with van der Waals surface area (Å²) in [7, 11) is 0. The van der Waals surface area contributed by atoms with E-state index in [1.54, 1.807) is 13.8 Å². The standard InChI is InChI=1S/C11H20O3S/c1-5-7-9(12)11(8(3)4,10(13)14)15-6-2/h8H,5-7H2,1-4H3,(H,13,14). The van der Waals surface area contributed by atoms with Gasteiger partial charge >= 0.3 is 5.97 Å². The molecule has 1 N–H and O–H groups in total. The molecule has 0 aliphatic heterocycles. The van der Waals surface area contributed by atoms with Crippen molar-refractivity contribution < 1.29 is 14.7 Å². The maximum absolute atomic E-state index is 11.9. The second kappa shape index (κ2) is 6.16. The van der Waals surface area contributed by atoms with Gasteiger partial charge in [0.05, 0.1) is 0 Å². The maximum atomic E-state index is 11.9. The number of hydrogen-bond acceptors (Lipinski definition) is 3. The zero-order valence-electron chi connectivity index (χ0n) is 9.87. The van der Waals surface area contributed by atoms with Gasteiger partial charge in [-0.3, -0.25) is 9.59 Å². The summed E-state index contributed by atoms with van der Waals surface area (Å²) >= 11 is 1.24. The van der Waals surface area contributed by atoms with Crippen molar-refractivity contribution in [1.82, 2.24) is 0 Å². The molecule has 15 heavy (non-hydrogen) atoms. The van der Waals surface area contributed by atoms with E-state index >= 15 is 0 Å². The zero-order valence-corrected chi connectivity index (χ0v) is 10.7. The molecular formula is C11H20O3S. The predicted molar refractivity (Wildman–Crippen MR) is 63.3 cm³/mol. The number of carboxylic acid groups (broad SMARTS) is 1. The topological polar surface area (TPSA) is 54.4 Å². The van der Waals surface area contributed by atoms with Gasteiger partial charge in [-0.2, -0.15) is 0 Å². The summed E-state index contributed by atoms with van der Waals surface area (Å²) in [5.41, 5.74) is 0. The first-order valence-electron chi connectivity index (χ1n) is 5.34. The number of hydrogen-bond donors (Lipinski definition) is 1. The van der Waals surface area contributed by atoms with Gasteiger partial charge in [0, 0.05) is 6.42 Å². The number of rotatable bonds is 7. The zero-order chi connectivity index (χ0) is 12.1. The monoisotopic (exact) mass is 232 g/mol. The number of carbonyl (C=O) groups excluding carboxylic acids is 1. The molecule has 0 saturated carbocycles. The van der Waals surface area contributed by atoms with Gasteiger partial charge in [0.15, 0.2) is 10.5 Å². The van der Waals surface area contributed by atoms with Crippen LogP contribution in [0.2, 0.25) is 0 Å². The SMILES string of the molecule is CCCC(=O)C(SCC)(C(=O)O)C(C)C. The Labute approximate surface area is 95.6 Å². The van der Waals surface area contributed by atoms with Gasteiger partial charge in [-0.05, 0) is 18.1 Å². The molecule has 0 aromatic rings. The van der Waals surface area contributed by atoms with Gasteiger partial charge in [0.2, 0.25) is 0 Å². The van der Waals surface area contributed by atoms with Gasteiger partial charge < -0.3 is 5.11 Å². The van der Waals surface area contributed by atoms with Gasteiger partial charge in [-0.25, -0.2) is 0 Å². The van der Waals surface area contributed by atoms with E-state index in [1.807, 2.05) is 13.8 Å². The number of Topliss-reactive ketones (excluding diaryl/α,β-unsaturated/α-hetero) is 1. The van der Waals surface area contributed by atoms with Gasteiger partial charge in [0.25, 0.3) is 0 Å². The third-order valence-corrected chi connectivity index (χ3v) is 4.01. The molecule has 0 aromatic carbocycles. The number of thioether (sulfide) groups is 1. The molecule has 3 nitrogen and oxygen atoms in total. The summed E-state index contributed by atoms with van der Waals surface area (Å²) in [6.45, 7) is 7.36. The summed E-state index contributed by atoms with van der Waals surface area (Å²) in [6, 6.07) is 0. The highest BCUT2D eigenvalue weighted by Gasteiger charge is 2.47. The molecule has 0 heterocycles. The van der Waals surface area contributed by atoms with Crippen LogP contribution >= 0.6 is 11.8 Å². The van der Waals surface area contributed by atoms with Crippen LogP contribution in [0.3, 0.4) is 0 Å². The fourth-order valence-electron chi connectivity index (χ4n) is 1.64. The number of carbonyl (C=O) groups is 2. The molecule has 1 atom stereocenters. The molecule has 88 valence electrons. The van der Waals surface area contributed by atoms with E-state index in [2.05, 4.69) is 0 Å². The van der Waals surface area contributed by atoms with Crippen molar-refractivity contribution in [1.29, 1.82) is 0 Å². The van der Waals surface area contributed by atoms with Crippen molar-refractivity contribution in [3.05, 3.63) is 0 Å². The van der Waals surface area contributed by atoms with E-state index in [0.29, 0.717) is 18.6 Å². The van der Waals surface area contributed by atoms with Crippen LogP contribution in [-0.2, 0) is 9.59 Å². The number of carboxylic acids is 1. The minimum Gasteiger partial charge on any atom is -0.480 e. The molecule has 0 aromatic heterocycles. The van der Waals surface area contributed by atoms with E-state index in [0.717, 1.165) is 0 Å². The first-order chi connectivity index (χ1) is 6.93. The Kier molecular flexibility index (Phi) is 5.95. The van der Waals surface area contributed by atoms with Crippen LogP contribution in [0.1, 0.15) is 40.5 Å². The van der Waals surface area contributed by atoms with Crippen LogP contribution in [0.4, 0.5) is 0 Å². The molecule has 1 unspecified atom stereocenters. The maximum Gasteiger partial charge on any atom is 0.327 e. The van der Waals surface area contributed by atoms with Crippen LogP contribution < -0.4 is 0 Å². The molecule has 0 radical (unpaired) electrons. The highest BCUT2D eigenvalue weighted by Crippen LogP contribution is 2.35. The fourth-order valence-corrected chi connectivity index (χ4v) is 2.81. The second-order valence-electron chi connectivity index (χ2n) is 3.80. The Morgan fingerprint density at radius 3 is 2.13 bits per heavy atom. The molecule has 0 rings (SSSR count). The van der Waals surface area contributed by atoms with Crippen molar-refractivity contribution >= 4 is 23.5 Å². The first-order valence-corrected chi connectivity index (χ1v) is 6.32. The molecule has 0 aliphatic carbocycles. The lowest BCUT2D eigenvalue weighted by atomic mass is 9.88. The van der Waals surface area contributed by atoms with Crippen LogP contribution in [0.5, 0.6) is 0 Å². The molecule has 0 saturated heterocycles. The quantitative estimate of drug-likeness (QED) is 0.685. The summed E-state index contributed by atoms with van der Waals surface area (Å²) in [5, 5.41) is 9.28. The van der Waals surface area contributed by atoms with Gasteiger partial charge in [0.1, 0.15) is 0 Å². The summed E-state index contributed by atoms with van der Waals surface area (Å²) in [5.74, 6) is -0.693. The highest BCUT2D eigenvalue weighted by molar-refractivity contribution is 8.02. The molecule has 0 amide bonds. The largest absolute Gasteiger partial charge is 0.480 e. The average Bonchev–Trinajstić information content (AvgIpc) is 2.13. The van der Waals surface area contributed by atoms with Crippen LogP contribution in [0.25, 0.3) is 0 Å². The Balaban J connectivity index is 5.11. The number of ketones is 1. The summed E-state index contributed by atoms with van der Waals surface area (Å²) in [6.07, 6.45) is 1.04. The van der Waals surface area contributed by atoms with Crippen LogP contribution in [-0.4, -0.2) is 27.4 Å². The second-order valence-corrected chi connectivity index (χ2v) is 5.31. The molecule has 0 spiro atoms. The van der Waals surface area contributed by atoms with Crippen molar-refractivity contribution in [3.63, 3.8) is 0 Å². The first kappa shape index (κ1) is 14.5. The lowest BCUT2D eigenvalue weighted by Gasteiger charge is -2.30. The average molecular weight is 232 g/mol. The molecule has 4 heteroatoms. The molecule has 0 fully saturated rings. The molecule has 0 bridgehead atoms. The van der Waals surface area contributed by atoms with Crippen molar-refractivity contribution in [2.24, 2.45) is 5.92 Å². The normalized spacial score (nSPS) is 15.0. The van der Waals surface area contributed by atoms with Crippen molar-refractivity contribution in [2.45, 2.75) is 45.3 Å². The third-order valence-electron chi connectivity index (χ3n) is 2.39.